The zero-order valence-electron chi connectivity index (χ0n) is 16.2. The van der Waals surface area contributed by atoms with Crippen LogP contribution in [-0.4, -0.2) is 40.4 Å². The number of rotatable bonds is 5. The number of carbonyl (C=O) groups is 1. The van der Waals surface area contributed by atoms with Crippen molar-refractivity contribution in [3.8, 4) is 16.9 Å². The largest absolute Gasteiger partial charge is 0.573 e. The summed E-state index contributed by atoms with van der Waals surface area (Å²) in [5.74, 6) is -0.428. The van der Waals surface area contributed by atoms with Crippen LogP contribution in [0.1, 0.15) is 17.2 Å². The zero-order chi connectivity index (χ0) is 21.8. The summed E-state index contributed by atoms with van der Waals surface area (Å²) in [6.07, 6.45) is 1.88. The van der Waals surface area contributed by atoms with E-state index in [1.165, 1.54) is 24.3 Å². The van der Waals surface area contributed by atoms with Crippen LogP contribution in [0.2, 0.25) is 0 Å². The van der Waals surface area contributed by atoms with Crippen LogP contribution in [0, 0.1) is 0 Å². The molecule has 1 aliphatic heterocycles. The third-order valence-corrected chi connectivity index (χ3v) is 4.87. The molecule has 1 aliphatic rings. The number of hydrogen-bond donors (Lipinski definition) is 0. The molecule has 2 aromatic heterocycles. The number of halogens is 3. The molecule has 0 radical (unpaired) electrons. The molecule has 4 rings (SSSR count). The number of amides is 1. The highest BCUT2D eigenvalue weighted by molar-refractivity contribution is 5.78. The van der Waals surface area contributed by atoms with Gasteiger partial charge in [-0.1, -0.05) is 12.1 Å². The Kier molecular flexibility index (Phi) is 5.85. The van der Waals surface area contributed by atoms with Gasteiger partial charge in [0.2, 0.25) is 5.91 Å². The number of aromatic nitrogens is 2. The molecule has 0 spiro atoms. The fraction of sp³-hybridized carbons (Fsp3) is 0.227. The van der Waals surface area contributed by atoms with E-state index in [0.717, 1.165) is 11.1 Å². The van der Waals surface area contributed by atoms with Crippen LogP contribution in [0.25, 0.3) is 11.1 Å². The summed E-state index contributed by atoms with van der Waals surface area (Å²) >= 11 is 0. The Morgan fingerprint density at radius 3 is 2.48 bits per heavy atom. The first-order chi connectivity index (χ1) is 14.9. The number of carbonyl (C=O) groups excluding carboxylic acids is 1. The van der Waals surface area contributed by atoms with E-state index >= 15 is 0 Å². The van der Waals surface area contributed by atoms with Crippen molar-refractivity contribution in [2.45, 2.75) is 18.9 Å². The van der Waals surface area contributed by atoms with Crippen molar-refractivity contribution in [2.24, 2.45) is 0 Å². The van der Waals surface area contributed by atoms with E-state index in [4.69, 9.17) is 4.74 Å². The minimum atomic E-state index is -4.74. The highest BCUT2D eigenvalue weighted by Crippen LogP contribution is 2.30. The standard InChI is InChI=1S/C22H18F3N3O3/c23-22(24,25)31-19-3-1-16(2-4-19)17-9-18(11-27-10-17)20-13-30-14-21(29)28(20)12-15-5-7-26-8-6-15/h1-11,20H,12-14H2. The number of hydrogen-bond acceptors (Lipinski definition) is 5. The lowest BCUT2D eigenvalue weighted by Crippen LogP contribution is -2.43. The number of alkyl halides is 3. The minimum Gasteiger partial charge on any atom is -0.406 e. The molecule has 1 aromatic carbocycles. The zero-order valence-corrected chi connectivity index (χ0v) is 16.2. The Bertz CT molecular complexity index is 1040. The van der Waals surface area contributed by atoms with Gasteiger partial charge in [-0.3, -0.25) is 14.8 Å². The van der Waals surface area contributed by atoms with Crippen molar-refractivity contribution >= 4 is 5.91 Å². The maximum absolute atomic E-state index is 12.5. The van der Waals surface area contributed by atoms with Gasteiger partial charge in [-0.15, -0.1) is 13.2 Å². The van der Waals surface area contributed by atoms with Gasteiger partial charge in [0.25, 0.3) is 0 Å². The second-order valence-corrected chi connectivity index (χ2v) is 6.99. The fourth-order valence-corrected chi connectivity index (χ4v) is 3.41. The Hall–Kier alpha value is -3.46. The predicted octanol–water partition coefficient (Wildman–Crippen LogP) is 4.14. The molecular weight excluding hydrogens is 411 g/mol. The van der Waals surface area contributed by atoms with E-state index in [0.29, 0.717) is 24.3 Å². The van der Waals surface area contributed by atoms with Crippen molar-refractivity contribution in [3.63, 3.8) is 0 Å². The van der Waals surface area contributed by atoms with E-state index in [9.17, 15) is 18.0 Å². The van der Waals surface area contributed by atoms with Crippen molar-refractivity contribution in [2.75, 3.05) is 13.2 Å². The van der Waals surface area contributed by atoms with Crippen LogP contribution in [0.15, 0.2) is 67.3 Å². The van der Waals surface area contributed by atoms with Gasteiger partial charge in [0.1, 0.15) is 12.4 Å². The normalized spacial score (nSPS) is 16.9. The second kappa shape index (κ2) is 8.73. The van der Waals surface area contributed by atoms with Gasteiger partial charge in [0.15, 0.2) is 0 Å². The third-order valence-electron chi connectivity index (χ3n) is 4.87. The molecular formula is C22H18F3N3O3. The second-order valence-electron chi connectivity index (χ2n) is 6.99. The molecule has 3 aromatic rings. The molecule has 0 N–H and O–H groups in total. The molecule has 0 aliphatic carbocycles. The molecule has 160 valence electrons. The molecule has 3 heterocycles. The summed E-state index contributed by atoms with van der Waals surface area (Å²) in [5.41, 5.74) is 3.10. The van der Waals surface area contributed by atoms with Crippen LogP contribution >= 0.6 is 0 Å². The van der Waals surface area contributed by atoms with E-state index in [-0.39, 0.29) is 24.3 Å². The van der Waals surface area contributed by atoms with E-state index in [1.54, 1.807) is 29.7 Å². The van der Waals surface area contributed by atoms with Gasteiger partial charge in [0.05, 0.1) is 12.6 Å². The number of morpholine rings is 1. The highest BCUT2D eigenvalue weighted by atomic mass is 19.4. The summed E-state index contributed by atoms with van der Waals surface area (Å²) in [4.78, 5) is 22.5. The molecule has 0 saturated carbocycles. The fourth-order valence-electron chi connectivity index (χ4n) is 3.41. The molecule has 1 atom stereocenters. The van der Waals surface area contributed by atoms with Gasteiger partial charge >= 0.3 is 6.36 Å². The van der Waals surface area contributed by atoms with Crippen molar-refractivity contribution in [1.82, 2.24) is 14.9 Å². The molecule has 1 amide bonds. The predicted molar refractivity (Wildman–Crippen MR) is 105 cm³/mol. The lowest BCUT2D eigenvalue weighted by Gasteiger charge is -2.35. The molecule has 0 bridgehead atoms. The number of ether oxygens (including phenoxy) is 2. The van der Waals surface area contributed by atoms with Crippen LogP contribution in [0.4, 0.5) is 13.2 Å². The lowest BCUT2D eigenvalue weighted by molar-refractivity contribution is -0.274. The maximum Gasteiger partial charge on any atom is 0.573 e. The average molecular weight is 429 g/mol. The van der Waals surface area contributed by atoms with Crippen LogP contribution in [0.5, 0.6) is 5.75 Å². The van der Waals surface area contributed by atoms with E-state index in [2.05, 4.69) is 14.7 Å². The van der Waals surface area contributed by atoms with Crippen LogP contribution in [0.3, 0.4) is 0 Å². The SMILES string of the molecule is O=C1COCC(c2cncc(-c3ccc(OC(F)(F)F)cc3)c2)N1Cc1ccncc1. The third kappa shape index (κ3) is 5.18. The van der Waals surface area contributed by atoms with Gasteiger partial charge < -0.3 is 14.4 Å². The van der Waals surface area contributed by atoms with Gasteiger partial charge in [-0.05, 0) is 47.0 Å². The maximum atomic E-state index is 12.5. The first kappa shape index (κ1) is 20.8. The smallest absolute Gasteiger partial charge is 0.406 e. The first-order valence-electron chi connectivity index (χ1n) is 9.46. The summed E-state index contributed by atoms with van der Waals surface area (Å²) in [6.45, 7) is 0.735. The number of benzene rings is 1. The minimum absolute atomic E-state index is 0.00930. The van der Waals surface area contributed by atoms with Gasteiger partial charge in [-0.2, -0.15) is 0 Å². The van der Waals surface area contributed by atoms with Crippen molar-refractivity contribution < 1.29 is 27.4 Å². The Morgan fingerprint density at radius 1 is 1.03 bits per heavy atom. The van der Waals surface area contributed by atoms with Crippen LogP contribution < -0.4 is 4.74 Å². The van der Waals surface area contributed by atoms with E-state index < -0.39 is 6.36 Å². The number of nitrogens with zero attached hydrogens (tertiary/aromatic N) is 3. The molecule has 1 unspecified atom stereocenters. The van der Waals surface area contributed by atoms with Crippen molar-refractivity contribution in [3.05, 3.63) is 78.4 Å². The molecule has 1 fully saturated rings. The van der Waals surface area contributed by atoms with Crippen molar-refractivity contribution in [1.29, 1.82) is 0 Å². The average Bonchev–Trinajstić information content (AvgIpc) is 2.75. The monoisotopic (exact) mass is 429 g/mol. The molecule has 9 heteroatoms. The first-order valence-corrected chi connectivity index (χ1v) is 9.46. The molecule has 1 saturated heterocycles. The summed E-state index contributed by atoms with van der Waals surface area (Å²) in [5, 5.41) is 0. The Balaban J connectivity index is 1.58. The topological polar surface area (TPSA) is 64.6 Å². The summed E-state index contributed by atoms with van der Waals surface area (Å²) in [6, 6.07) is 10.8. The summed E-state index contributed by atoms with van der Waals surface area (Å²) in [7, 11) is 0. The molecule has 31 heavy (non-hydrogen) atoms. The molecule has 6 nitrogen and oxygen atoms in total. The van der Waals surface area contributed by atoms with Gasteiger partial charge in [-0.25, -0.2) is 0 Å². The quantitative estimate of drug-likeness (QED) is 0.610. The highest BCUT2D eigenvalue weighted by Gasteiger charge is 2.31. The Labute approximate surface area is 176 Å². The van der Waals surface area contributed by atoms with Crippen LogP contribution in [-0.2, 0) is 16.1 Å². The van der Waals surface area contributed by atoms with E-state index in [1.807, 2.05) is 18.2 Å². The lowest BCUT2D eigenvalue weighted by atomic mass is 10.0. The van der Waals surface area contributed by atoms with Gasteiger partial charge in [0, 0.05) is 36.9 Å². The summed E-state index contributed by atoms with van der Waals surface area (Å²) < 4.78 is 46.5. The number of pyridine rings is 2. The Morgan fingerprint density at radius 2 is 1.77 bits per heavy atom.